The number of ether oxygens (including phenoxy) is 3. The molecule has 0 aliphatic rings. The van der Waals surface area contributed by atoms with Crippen LogP contribution in [-0.4, -0.2) is 24.8 Å². The fourth-order valence-electron chi connectivity index (χ4n) is 2.77. The van der Waals surface area contributed by atoms with Crippen LogP contribution in [0.4, 0.5) is 0 Å². The van der Waals surface area contributed by atoms with Gasteiger partial charge in [0.05, 0.1) is 12.8 Å². The number of hydrazone groups is 1. The molecule has 1 N–H and O–H groups in total. The molecule has 0 unspecified atom stereocenters. The molecular formula is C25H24BrClN2O4. The van der Waals surface area contributed by atoms with Gasteiger partial charge in [-0.05, 0) is 79.6 Å². The Balaban J connectivity index is 1.57. The topological polar surface area (TPSA) is 69.2 Å². The Labute approximate surface area is 206 Å². The normalized spacial score (nSPS) is 11.8. The fourth-order valence-corrected chi connectivity index (χ4v) is 3.16. The maximum Gasteiger partial charge on any atom is 0.280 e. The number of nitrogens with zero attached hydrogens (tertiary/aromatic N) is 1. The van der Waals surface area contributed by atoms with Crippen molar-refractivity contribution in [3.05, 3.63) is 87.4 Å². The van der Waals surface area contributed by atoms with Gasteiger partial charge in [0.15, 0.2) is 17.6 Å². The summed E-state index contributed by atoms with van der Waals surface area (Å²) in [5, 5.41) is 4.71. The van der Waals surface area contributed by atoms with E-state index in [9.17, 15) is 4.79 Å². The summed E-state index contributed by atoms with van der Waals surface area (Å²) in [6.45, 7) is 4.43. The number of nitrogens with one attached hydrogen (secondary N) is 1. The van der Waals surface area contributed by atoms with Crippen LogP contribution in [0, 0.1) is 0 Å². The van der Waals surface area contributed by atoms with Crippen LogP contribution in [0.25, 0.3) is 0 Å². The molecule has 6 nitrogen and oxygen atoms in total. The molecule has 0 bridgehead atoms. The number of rotatable bonds is 10. The predicted octanol–water partition coefficient (Wildman–Crippen LogP) is 6.00. The van der Waals surface area contributed by atoms with Crippen molar-refractivity contribution < 1.29 is 19.0 Å². The van der Waals surface area contributed by atoms with Gasteiger partial charge in [-0.25, -0.2) is 5.43 Å². The second-order valence-electron chi connectivity index (χ2n) is 7.00. The molecule has 3 rings (SSSR count). The minimum atomic E-state index is -0.703. The number of amides is 1. The summed E-state index contributed by atoms with van der Waals surface area (Å²) >= 11 is 9.29. The molecule has 3 aromatic carbocycles. The van der Waals surface area contributed by atoms with E-state index in [1.54, 1.807) is 25.1 Å². The Bertz CT molecular complexity index is 1090. The first-order chi connectivity index (χ1) is 15.9. The molecule has 0 aliphatic heterocycles. The lowest BCUT2D eigenvalue weighted by molar-refractivity contribution is -0.127. The first kappa shape index (κ1) is 24.6. The van der Waals surface area contributed by atoms with Gasteiger partial charge in [-0.3, -0.25) is 4.79 Å². The Morgan fingerprint density at radius 2 is 1.79 bits per heavy atom. The average Bonchev–Trinajstić information content (AvgIpc) is 2.81. The number of hydrogen-bond donors (Lipinski definition) is 1. The van der Waals surface area contributed by atoms with Gasteiger partial charge in [-0.2, -0.15) is 5.10 Å². The third-order valence-electron chi connectivity index (χ3n) is 4.46. The summed E-state index contributed by atoms with van der Waals surface area (Å²) in [5.41, 5.74) is 4.24. The highest BCUT2D eigenvalue weighted by Gasteiger charge is 2.14. The van der Waals surface area contributed by atoms with Crippen molar-refractivity contribution in [1.82, 2.24) is 5.43 Å². The maximum absolute atomic E-state index is 12.3. The zero-order chi connectivity index (χ0) is 23.6. The predicted molar refractivity (Wildman–Crippen MR) is 133 cm³/mol. The van der Waals surface area contributed by atoms with Crippen LogP contribution in [0.15, 0.2) is 76.3 Å². The summed E-state index contributed by atoms with van der Waals surface area (Å²) in [6.07, 6.45) is 0.835. The van der Waals surface area contributed by atoms with Crippen molar-refractivity contribution >= 4 is 39.7 Å². The molecule has 0 aliphatic carbocycles. The molecule has 1 atom stereocenters. The molecule has 0 saturated heterocycles. The van der Waals surface area contributed by atoms with Crippen molar-refractivity contribution in [1.29, 1.82) is 0 Å². The molecule has 33 heavy (non-hydrogen) atoms. The summed E-state index contributed by atoms with van der Waals surface area (Å²) in [7, 11) is 0. The van der Waals surface area contributed by atoms with E-state index < -0.39 is 6.10 Å². The third-order valence-corrected chi connectivity index (χ3v) is 5.24. The van der Waals surface area contributed by atoms with E-state index in [-0.39, 0.29) is 5.91 Å². The van der Waals surface area contributed by atoms with E-state index in [0.717, 1.165) is 15.6 Å². The molecular weight excluding hydrogens is 508 g/mol. The number of carbonyl (C=O) groups excluding carboxylic acids is 1. The third kappa shape index (κ3) is 7.80. The molecule has 0 spiro atoms. The van der Waals surface area contributed by atoms with Crippen molar-refractivity contribution in [2.45, 2.75) is 26.6 Å². The molecule has 3 aromatic rings. The van der Waals surface area contributed by atoms with Gasteiger partial charge in [0, 0.05) is 9.50 Å². The zero-order valence-corrected chi connectivity index (χ0v) is 20.6. The zero-order valence-electron chi connectivity index (χ0n) is 18.3. The van der Waals surface area contributed by atoms with Crippen LogP contribution in [0.5, 0.6) is 17.2 Å². The number of benzene rings is 3. The quantitative estimate of drug-likeness (QED) is 0.257. The standard InChI is InChI=1S/C25H24BrClN2O4/c1-3-31-24-14-19(6-13-23(24)32-16-18-4-9-21(27)10-5-18)15-28-29-25(30)17(2)33-22-11-7-20(26)8-12-22/h4-15,17H,3,16H2,1-2H3,(H,29,30)/b28-15-/t17-/m1/s1. The first-order valence-corrected chi connectivity index (χ1v) is 11.5. The monoisotopic (exact) mass is 530 g/mol. The van der Waals surface area contributed by atoms with Crippen LogP contribution < -0.4 is 19.6 Å². The fraction of sp³-hybridized carbons (Fsp3) is 0.200. The molecule has 0 saturated carbocycles. The van der Waals surface area contributed by atoms with Gasteiger partial charge < -0.3 is 14.2 Å². The van der Waals surface area contributed by atoms with Crippen molar-refractivity contribution in [2.75, 3.05) is 6.61 Å². The highest BCUT2D eigenvalue weighted by molar-refractivity contribution is 9.10. The molecule has 0 radical (unpaired) electrons. The van der Waals surface area contributed by atoms with Gasteiger partial charge in [0.1, 0.15) is 12.4 Å². The maximum atomic E-state index is 12.3. The van der Waals surface area contributed by atoms with Gasteiger partial charge in [-0.1, -0.05) is 39.7 Å². The van der Waals surface area contributed by atoms with E-state index >= 15 is 0 Å². The highest BCUT2D eigenvalue weighted by atomic mass is 79.9. The Morgan fingerprint density at radius 3 is 2.48 bits per heavy atom. The van der Waals surface area contributed by atoms with Crippen molar-refractivity contribution in [3.8, 4) is 17.2 Å². The highest BCUT2D eigenvalue weighted by Crippen LogP contribution is 2.29. The van der Waals surface area contributed by atoms with Crippen LogP contribution in [0.3, 0.4) is 0 Å². The van der Waals surface area contributed by atoms with Crippen LogP contribution in [-0.2, 0) is 11.4 Å². The minimum absolute atomic E-state index is 0.359. The SMILES string of the molecule is CCOc1cc(/C=N\NC(=O)[C@@H](C)Oc2ccc(Br)cc2)ccc1OCc1ccc(Cl)cc1. The summed E-state index contributed by atoms with van der Waals surface area (Å²) in [5.74, 6) is 1.45. The second-order valence-corrected chi connectivity index (χ2v) is 8.35. The molecule has 1 amide bonds. The van der Waals surface area contributed by atoms with Crippen molar-refractivity contribution in [3.63, 3.8) is 0 Å². The van der Waals surface area contributed by atoms with Crippen molar-refractivity contribution in [2.24, 2.45) is 5.10 Å². The summed E-state index contributed by atoms with van der Waals surface area (Å²) < 4.78 is 18.2. The molecule has 172 valence electrons. The van der Waals surface area contributed by atoms with E-state index in [1.165, 1.54) is 6.21 Å². The van der Waals surface area contributed by atoms with E-state index in [4.69, 9.17) is 25.8 Å². The van der Waals surface area contributed by atoms with E-state index in [1.807, 2.05) is 55.5 Å². The summed E-state index contributed by atoms with van der Waals surface area (Å²) in [4.78, 5) is 12.3. The largest absolute Gasteiger partial charge is 0.490 e. The van der Waals surface area contributed by atoms with Gasteiger partial charge in [0.25, 0.3) is 5.91 Å². The van der Waals surface area contributed by atoms with E-state index in [0.29, 0.717) is 35.5 Å². The lowest BCUT2D eigenvalue weighted by atomic mass is 10.2. The Morgan fingerprint density at radius 1 is 1.06 bits per heavy atom. The minimum Gasteiger partial charge on any atom is -0.490 e. The molecule has 0 heterocycles. The summed E-state index contributed by atoms with van der Waals surface area (Å²) in [6, 6.07) is 20.2. The molecule has 0 aromatic heterocycles. The smallest absolute Gasteiger partial charge is 0.280 e. The van der Waals surface area contributed by atoms with Gasteiger partial charge in [-0.15, -0.1) is 0 Å². The van der Waals surface area contributed by atoms with Gasteiger partial charge >= 0.3 is 0 Å². The number of halogens is 2. The number of carbonyl (C=O) groups is 1. The first-order valence-electron chi connectivity index (χ1n) is 10.3. The van der Waals surface area contributed by atoms with Crippen LogP contribution >= 0.6 is 27.5 Å². The Hall–Kier alpha value is -3.03. The lowest BCUT2D eigenvalue weighted by Gasteiger charge is -2.13. The van der Waals surface area contributed by atoms with Gasteiger partial charge in [0.2, 0.25) is 0 Å². The van der Waals surface area contributed by atoms with E-state index in [2.05, 4.69) is 26.5 Å². The van der Waals surface area contributed by atoms with Crippen LogP contribution in [0.2, 0.25) is 5.02 Å². The average molecular weight is 532 g/mol. The second kappa shape index (κ2) is 12.3. The molecule has 8 heteroatoms. The lowest BCUT2D eigenvalue weighted by Crippen LogP contribution is -2.33. The molecule has 0 fully saturated rings. The Kier molecular flexibility index (Phi) is 9.15. The van der Waals surface area contributed by atoms with Crippen LogP contribution in [0.1, 0.15) is 25.0 Å². The number of hydrogen-bond acceptors (Lipinski definition) is 5.